The van der Waals surface area contributed by atoms with Crippen LogP contribution in [0.25, 0.3) is 10.9 Å². The minimum absolute atomic E-state index is 0.146. The number of aromatic amines is 1. The number of phenols is 1. The first kappa shape index (κ1) is 8.38. The fraction of sp³-hybridized carbons (Fsp3) is 0.222. The highest BCUT2D eigenvalue weighted by molar-refractivity contribution is 6.37. The lowest BCUT2D eigenvalue weighted by molar-refractivity contribution is 0.472. The van der Waals surface area contributed by atoms with Crippen LogP contribution in [-0.2, 0) is 0 Å². The van der Waals surface area contributed by atoms with Gasteiger partial charge in [0.1, 0.15) is 5.75 Å². The molecule has 3 nitrogen and oxygen atoms in total. The third kappa shape index (κ3) is 1.00. The number of phenolic OH excluding ortho intramolecular Hbond substituents is 1. The largest absolute Gasteiger partial charge is 0.506 e. The van der Waals surface area contributed by atoms with E-state index in [2.05, 4.69) is 10.2 Å². The lowest BCUT2D eigenvalue weighted by Gasteiger charge is -2.06. The Balaban J connectivity index is 3.02. The van der Waals surface area contributed by atoms with Gasteiger partial charge in [0.05, 0.1) is 16.7 Å². The smallest absolute Gasteiger partial charge is 0.138 e. The van der Waals surface area contributed by atoms with Gasteiger partial charge < -0.3 is 5.11 Å². The Bertz CT molecular complexity index is 434. The van der Waals surface area contributed by atoms with Gasteiger partial charge in [0.2, 0.25) is 0 Å². The third-order valence-electron chi connectivity index (χ3n) is 2.38. The number of fused-ring (bicyclic) bond motifs is 1. The summed E-state index contributed by atoms with van der Waals surface area (Å²) in [5.74, 6) is 0.146. The number of nitrogens with zero attached hydrogens (tertiary/aromatic N) is 1. The standard InChI is InChI=1S/C9H9ClN2O/c1-4-5(2)9(13)7(10)6-3-11-12-8(4)6/h3,13H,1-2H3,(H,11,12). The molecule has 0 aliphatic heterocycles. The van der Waals surface area contributed by atoms with Crippen molar-refractivity contribution in [3.8, 4) is 5.75 Å². The summed E-state index contributed by atoms with van der Waals surface area (Å²) in [5.41, 5.74) is 2.66. The van der Waals surface area contributed by atoms with Gasteiger partial charge in [-0.05, 0) is 25.0 Å². The Morgan fingerprint density at radius 3 is 2.77 bits per heavy atom. The van der Waals surface area contributed by atoms with Gasteiger partial charge >= 0.3 is 0 Å². The number of aromatic hydroxyl groups is 1. The molecular weight excluding hydrogens is 188 g/mol. The zero-order valence-corrected chi connectivity index (χ0v) is 8.11. The molecule has 13 heavy (non-hydrogen) atoms. The minimum atomic E-state index is 0.146. The second-order valence-electron chi connectivity index (χ2n) is 3.07. The summed E-state index contributed by atoms with van der Waals surface area (Å²) in [6.07, 6.45) is 1.61. The Labute approximate surface area is 80.3 Å². The molecule has 2 aromatic rings. The van der Waals surface area contributed by atoms with Crippen molar-refractivity contribution < 1.29 is 5.11 Å². The molecule has 0 aliphatic carbocycles. The van der Waals surface area contributed by atoms with Crippen LogP contribution in [-0.4, -0.2) is 15.3 Å². The first-order chi connectivity index (χ1) is 6.13. The van der Waals surface area contributed by atoms with Crippen molar-refractivity contribution in [3.63, 3.8) is 0 Å². The summed E-state index contributed by atoms with van der Waals surface area (Å²) in [7, 11) is 0. The number of aryl methyl sites for hydroxylation is 1. The number of halogens is 1. The average Bonchev–Trinajstić information content (AvgIpc) is 2.59. The van der Waals surface area contributed by atoms with Crippen LogP contribution in [0.4, 0.5) is 0 Å². The maximum Gasteiger partial charge on any atom is 0.138 e. The highest BCUT2D eigenvalue weighted by Crippen LogP contribution is 2.36. The minimum Gasteiger partial charge on any atom is -0.506 e. The quantitative estimate of drug-likeness (QED) is 0.680. The van der Waals surface area contributed by atoms with Crippen molar-refractivity contribution in [1.82, 2.24) is 10.2 Å². The maximum atomic E-state index is 9.63. The Morgan fingerprint density at radius 2 is 2.08 bits per heavy atom. The Kier molecular flexibility index (Phi) is 1.70. The zero-order chi connectivity index (χ0) is 9.59. The topological polar surface area (TPSA) is 48.9 Å². The van der Waals surface area contributed by atoms with Crippen LogP contribution in [0.5, 0.6) is 5.75 Å². The van der Waals surface area contributed by atoms with Gasteiger partial charge in [-0.25, -0.2) is 0 Å². The highest BCUT2D eigenvalue weighted by atomic mass is 35.5. The molecule has 0 unspecified atom stereocenters. The fourth-order valence-electron chi connectivity index (χ4n) is 1.40. The van der Waals surface area contributed by atoms with Crippen molar-refractivity contribution in [2.75, 3.05) is 0 Å². The van der Waals surface area contributed by atoms with Crippen LogP contribution in [0.2, 0.25) is 5.02 Å². The molecule has 2 N–H and O–H groups in total. The van der Waals surface area contributed by atoms with Crippen molar-refractivity contribution in [2.24, 2.45) is 0 Å². The molecule has 0 saturated heterocycles. The van der Waals surface area contributed by atoms with Crippen LogP contribution in [0.3, 0.4) is 0 Å². The summed E-state index contributed by atoms with van der Waals surface area (Å²) in [4.78, 5) is 0. The zero-order valence-electron chi connectivity index (χ0n) is 7.35. The number of hydrogen-bond donors (Lipinski definition) is 2. The number of hydrogen-bond acceptors (Lipinski definition) is 2. The van der Waals surface area contributed by atoms with E-state index in [1.165, 1.54) is 0 Å². The molecule has 0 atom stereocenters. The summed E-state index contributed by atoms with van der Waals surface area (Å²) in [6, 6.07) is 0. The molecule has 0 radical (unpaired) electrons. The monoisotopic (exact) mass is 196 g/mol. The first-order valence-electron chi connectivity index (χ1n) is 3.93. The summed E-state index contributed by atoms with van der Waals surface area (Å²) < 4.78 is 0. The molecule has 0 amide bonds. The maximum absolute atomic E-state index is 9.63. The molecule has 0 fully saturated rings. The Morgan fingerprint density at radius 1 is 1.38 bits per heavy atom. The normalized spacial score (nSPS) is 11.0. The first-order valence-corrected chi connectivity index (χ1v) is 4.31. The van der Waals surface area contributed by atoms with Crippen LogP contribution in [0, 0.1) is 13.8 Å². The van der Waals surface area contributed by atoms with Gasteiger partial charge in [-0.3, -0.25) is 5.10 Å². The molecule has 0 aliphatic rings. The van der Waals surface area contributed by atoms with E-state index in [4.69, 9.17) is 11.6 Å². The third-order valence-corrected chi connectivity index (χ3v) is 2.76. The predicted molar refractivity (Wildman–Crippen MR) is 52.2 cm³/mol. The molecule has 0 spiro atoms. The summed E-state index contributed by atoms with van der Waals surface area (Å²) >= 11 is 5.93. The average molecular weight is 197 g/mol. The van der Waals surface area contributed by atoms with E-state index >= 15 is 0 Å². The van der Waals surface area contributed by atoms with E-state index in [1.807, 2.05) is 13.8 Å². The van der Waals surface area contributed by atoms with Gasteiger partial charge in [0, 0.05) is 5.39 Å². The number of rotatable bonds is 0. The van der Waals surface area contributed by atoms with Crippen molar-refractivity contribution in [3.05, 3.63) is 22.3 Å². The number of aromatic nitrogens is 2. The van der Waals surface area contributed by atoms with Gasteiger partial charge in [0.25, 0.3) is 0 Å². The summed E-state index contributed by atoms with van der Waals surface area (Å²) in [6.45, 7) is 3.75. The van der Waals surface area contributed by atoms with Crippen LogP contribution >= 0.6 is 11.6 Å². The second-order valence-corrected chi connectivity index (χ2v) is 3.45. The predicted octanol–water partition coefficient (Wildman–Crippen LogP) is 2.54. The van der Waals surface area contributed by atoms with Gasteiger partial charge in [-0.2, -0.15) is 5.10 Å². The molecule has 1 heterocycles. The van der Waals surface area contributed by atoms with Crippen molar-refractivity contribution >= 4 is 22.5 Å². The number of benzene rings is 1. The molecule has 4 heteroatoms. The van der Waals surface area contributed by atoms with Gasteiger partial charge in [-0.1, -0.05) is 11.6 Å². The molecule has 1 aromatic heterocycles. The van der Waals surface area contributed by atoms with Crippen LogP contribution in [0.15, 0.2) is 6.20 Å². The van der Waals surface area contributed by atoms with E-state index in [0.29, 0.717) is 5.02 Å². The molecule has 1 aromatic carbocycles. The Hall–Kier alpha value is -1.22. The molecule has 2 rings (SSSR count). The fourth-order valence-corrected chi connectivity index (χ4v) is 1.68. The van der Waals surface area contributed by atoms with Crippen molar-refractivity contribution in [1.29, 1.82) is 0 Å². The molecule has 0 saturated carbocycles. The van der Waals surface area contributed by atoms with Crippen LogP contribution in [0.1, 0.15) is 11.1 Å². The van der Waals surface area contributed by atoms with Gasteiger partial charge in [0.15, 0.2) is 0 Å². The van der Waals surface area contributed by atoms with Crippen molar-refractivity contribution in [2.45, 2.75) is 13.8 Å². The lowest BCUT2D eigenvalue weighted by atomic mass is 10.1. The SMILES string of the molecule is Cc1c(O)c(Cl)c2cn[nH]c2c1C. The van der Waals surface area contributed by atoms with E-state index in [9.17, 15) is 5.11 Å². The summed E-state index contributed by atoms with van der Waals surface area (Å²) in [5, 5.41) is 17.5. The number of H-pyrrole nitrogens is 1. The lowest BCUT2D eigenvalue weighted by Crippen LogP contribution is -1.85. The van der Waals surface area contributed by atoms with E-state index in [1.54, 1.807) is 6.20 Å². The van der Waals surface area contributed by atoms with E-state index in [0.717, 1.165) is 22.0 Å². The molecular formula is C9H9ClN2O. The van der Waals surface area contributed by atoms with Crippen LogP contribution < -0.4 is 0 Å². The van der Waals surface area contributed by atoms with Gasteiger partial charge in [-0.15, -0.1) is 0 Å². The number of nitrogens with one attached hydrogen (secondary N) is 1. The van der Waals surface area contributed by atoms with E-state index < -0.39 is 0 Å². The second kappa shape index (κ2) is 2.64. The molecule has 0 bridgehead atoms. The molecule has 68 valence electrons. The van der Waals surface area contributed by atoms with E-state index in [-0.39, 0.29) is 5.75 Å². The highest BCUT2D eigenvalue weighted by Gasteiger charge is 2.13.